The average Bonchev–Trinajstić information content (AvgIpc) is 3.44. The number of anilines is 1. The first kappa shape index (κ1) is 22.5. The molecule has 0 aromatic carbocycles. The SMILES string of the molecule is Cc1cc2ccnn2c(C(=O)NC(C)C2CC2)c1NC(=O)c1cc(Br)nn1-c1ncccc1Cl. The molecule has 0 saturated heterocycles. The first-order valence-electron chi connectivity index (χ1n) is 10.8. The molecule has 0 radical (unpaired) electrons. The van der Waals surface area contributed by atoms with E-state index < -0.39 is 5.91 Å². The van der Waals surface area contributed by atoms with Gasteiger partial charge in [0.25, 0.3) is 11.8 Å². The van der Waals surface area contributed by atoms with Gasteiger partial charge in [-0.15, -0.1) is 0 Å². The number of hydrogen-bond acceptors (Lipinski definition) is 5. The van der Waals surface area contributed by atoms with Crippen LogP contribution in [0.4, 0.5) is 5.69 Å². The Hall–Kier alpha value is -3.24. The number of aryl methyl sites for hydroxylation is 1. The van der Waals surface area contributed by atoms with Gasteiger partial charge in [-0.25, -0.2) is 14.2 Å². The van der Waals surface area contributed by atoms with Crippen molar-refractivity contribution in [2.75, 3.05) is 5.32 Å². The van der Waals surface area contributed by atoms with Gasteiger partial charge in [0, 0.05) is 18.3 Å². The van der Waals surface area contributed by atoms with Crippen molar-refractivity contribution in [3.05, 3.63) is 69.3 Å². The molecule has 11 heteroatoms. The molecule has 1 fully saturated rings. The lowest BCUT2D eigenvalue weighted by Gasteiger charge is -2.18. The maximum atomic E-state index is 13.4. The van der Waals surface area contributed by atoms with Gasteiger partial charge in [0.05, 0.1) is 22.4 Å². The standard InChI is InChI=1S/C23H21BrClN7O2/c1-12-10-15-7-9-27-31(15)20(23(34)28-13(2)14-5-6-14)19(12)29-22(33)17-11-18(24)30-32(17)21-16(25)4-3-8-26-21/h3-4,7-11,13-14H,5-6H2,1-2H3,(H,28,34)(H,29,33). The smallest absolute Gasteiger partial charge is 0.274 e. The predicted molar refractivity (Wildman–Crippen MR) is 132 cm³/mol. The van der Waals surface area contributed by atoms with E-state index in [2.05, 4.69) is 41.7 Å². The van der Waals surface area contributed by atoms with Crippen molar-refractivity contribution in [2.45, 2.75) is 32.7 Å². The van der Waals surface area contributed by atoms with E-state index >= 15 is 0 Å². The van der Waals surface area contributed by atoms with Crippen LogP contribution in [-0.4, -0.2) is 42.2 Å². The van der Waals surface area contributed by atoms with E-state index in [1.54, 1.807) is 35.1 Å². The third kappa shape index (κ3) is 4.19. The molecule has 1 saturated carbocycles. The molecular weight excluding hydrogens is 522 g/mol. The molecule has 2 amide bonds. The predicted octanol–water partition coefficient (Wildman–Crippen LogP) is 4.42. The minimum absolute atomic E-state index is 0.0332. The lowest BCUT2D eigenvalue weighted by Crippen LogP contribution is -2.36. The van der Waals surface area contributed by atoms with Gasteiger partial charge in [-0.1, -0.05) is 11.6 Å². The highest BCUT2D eigenvalue weighted by Crippen LogP contribution is 2.33. The van der Waals surface area contributed by atoms with Crippen molar-refractivity contribution < 1.29 is 9.59 Å². The maximum absolute atomic E-state index is 13.4. The van der Waals surface area contributed by atoms with Crippen molar-refractivity contribution in [2.24, 2.45) is 5.92 Å². The molecule has 1 aliphatic carbocycles. The van der Waals surface area contributed by atoms with Crippen LogP contribution in [0, 0.1) is 12.8 Å². The summed E-state index contributed by atoms with van der Waals surface area (Å²) in [6.45, 7) is 3.84. The Balaban J connectivity index is 1.55. The van der Waals surface area contributed by atoms with Gasteiger partial charge in [0.1, 0.15) is 10.3 Å². The van der Waals surface area contributed by atoms with Crippen molar-refractivity contribution in [1.82, 2.24) is 29.7 Å². The van der Waals surface area contributed by atoms with Crippen LogP contribution in [0.5, 0.6) is 0 Å². The zero-order valence-electron chi connectivity index (χ0n) is 18.4. The summed E-state index contributed by atoms with van der Waals surface area (Å²) in [5.74, 6) is 0.0265. The fourth-order valence-electron chi connectivity index (χ4n) is 3.94. The number of nitrogens with zero attached hydrogens (tertiary/aromatic N) is 5. The number of carbonyl (C=O) groups excluding carboxylic acids is 2. The Kier molecular flexibility index (Phi) is 5.86. The summed E-state index contributed by atoms with van der Waals surface area (Å²) < 4.78 is 3.34. The first-order chi connectivity index (χ1) is 16.3. The third-order valence-electron chi connectivity index (χ3n) is 5.87. The molecule has 0 bridgehead atoms. The van der Waals surface area contributed by atoms with E-state index in [9.17, 15) is 9.59 Å². The molecule has 4 aromatic rings. The topological polar surface area (TPSA) is 106 Å². The Morgan fingerprint density at radius 2 is 2.00 bits per heavy atom. The highest BCUT2D eigenvalue weighted by Gasteiger charge is 2.31. The summed E-state index contributed by atoms with van der Waals surface area (Å²) >= 11 is 9.62. The highest BCUT2D eigenvalue weighted by molar-refractivity contribution is 9.10. The van der Waals surface area contributed by atoms with Crippen LogP contribution in [0.1, 0.15) is 46.3 Å². The monoisotopic (exact) mass is 541 g/mol. The van der Waals surface area contributed by atoms with Gasteiger partial charge in [-0.05, 0) is 78.4 Å². The summed E-state index contributed by atoms with van der Waals surface area (Å²) in [5, 5.41) is 15.0. The Bertz CT molecular complexity index is 1430. The minimum Gasteiger partial charge on any atom is -0.348 e. The lowest BCUT2D eigenvalue weighted by molar-refractivity contribution is 0.0929. The summed E-state index contributed by atoms with van der Waals surface area (Å²) in [4.78, 5) is 31.1. The zero-order valence-corrected chi connectivity index (χ0v) is 20.8. The fourth-order valence-corrected chi connectivity index (χ4v) is 4.52. The van der Waals surface area contributed by atoms with Crippen LogP contribution in [-0.2, 0) is 0 Å². The highest BCUT2D eigenvalue weighted by atomic mass is 79.9. The lowest BCUT2D eigenvalue weighted by atomic mass is 10.1. The second kappa shape index (κ2) is 8.84. The first-order valence-corrected chi connectivity index (χ1v) is 12.0. The van der Waals surface area contributed by atoms with Crippen molar-refractivity contribution >= 4 is 50.5 Å². The number of amides is 2. The van der Waals surface area contributed by atoms with Gasteiger partial charge in [0.15, 0.2) is 11.5 Å². The molecular formula is C23H21BrClN7O2. The van der Waals surface area contributed by atoms with Crippen molar-refractivity contribution in [1.29, 1.82) is 0 Å². The van der Waals surface area contributed by atoms with Gasteiger partial charge < -0.3 is 10.6 Å². The number of nitrogens with one attached hydrogen (secondary N) is 2. The summed E-state index contributed by atoms with van der Waals surface area (Å²) in [6, 6.07) is 8.64. The molecule has 174 valence electrons. The Morgan fingerprint density at radius 3 is 2.74 bits per heavy atom. The van der Waals surface area contributed by atoms with Gasteiger partial charge in [-0.2, -0.15) is 10.2 Å². The number of halogens is 2. The normalized spacial score (nSPS) is 14.2. The molecule has 0 spiro atoms. The van der Waals surface area contributed by atoms with E-state index in [0.29, 0.717) is 27.0 Å². The quantitative estimate of drug-likeness (QED) is 0.375. The van der Waals surface area contributed by atoms with Crippen LogP contribution >= 0.6 is 27.5 Å². The number of rotatable bonds is 6. The number of hydrogen-bond donors (Lipinski definition) is 2. The Morgan fingerprint density at radius 1 is 1.21 bits per heavy atom. The van der Waals surface area contributed by atoms with Crippen LogP contribution in [0.2, 0.25) is 5.02 Å². The van der Waals surface area contributed by atoms with Crippen LogP contribution < -0.4 is 10.6 Å². The molecule has 34 heavy (non-hydrogen) atoms. The van der Waals surface area contributed by atoms with E-state index in [-0.39, 0.29) is 23.3 Å². The molecule has 5 rings (SSSR count). The summed E-state index contributed by atoms with van der Waals surface area (Å²) in [7, 11) is 0. The summed E-state index contributed by atoms with van der Waals surface area (Å²) in [6.07, 6.45) is 5.39. The summed E-state index contributed by atoms with van der Waals surface area (Å²) in [5.41, 5.74) is 2.32. The van der Waals surface area contributed by atoms with E-state index in [1.807, 2.05) is 26.0 Å². The molecule has 1 atom stereocenters. The maximum Gasteiger partial charge on any atom is 0.274 e. The number of aromatic nitrogens is 5. The average molecular weight is 543 g/mol. The van der Waals surface area contributed by atoms with E-state index in [1.165, 1.54) is 4.68 Å². The van der Waals surface area contributed by atoms with Gasteiger partial charge in [-0.3, -0.25) is 9.59 Å². The second-order valence-electron chi connectivity index (χ2n) is 8.35. The number of fused-ring (bicyclic) bond motifs is 1. The largest absolute Gasteiger partial charge is 0.348 e. The molecule has 1 aliphatic rings. The van der Waals surface area contributed by atoms with E-state index in [4.69, 9.17) is 11.6 Å². The van der Waals surface area contributed by atoms with Gasteiger partial charge >= 0.3 is 0 Å². The Labute approximate surface area is 208 Å². The molecule has 9 nitrogen and oxygen atoms in total. The fraction of sp³-hybridized carbons (Fsp3) is 0.261. The van der Waals surface area contributed by atoms with Crippen LogP contribution in [0.25, 0.3) is 11.3 Å². The number of carbonyl (C=O) groups is 2. The molecule has 1 unspecified atom stereocenters. The van der Waals surface area contributed by atoms with Crippen LogP contribution in [0.3, 0.4) is 0 Å². The number of pyridine rings is 2. The zero-order chi connectivity index (χ0) is 24.0. The molecule has 2 N–H and O–H groups in total. The molecule has 4 heterocycles. The third-order valence-corrected chi connectivity index (χ3v) is 6.56. The van der Waals surface area contributed by atoms with E-state index in [0.717, 1.165) is 23.9 Å². The van der Waals surface area contributed by atoms with Crippen molar-refractivity contribution in [3.8, 4) is 5.82 Å². The second-order valence-corrected chi connectivity index (χ2v) is 9.57. The van der Waals surface area contributed by atoms with Crippen molar-refractivity contribution in [3.63, 3.8) is 0 Å². The molecule has 4 aromatic heterocycles. The van der Waals surface area contributed by atoms with Gasteiger partial charge in [0.2, 0.25) is 0 Å². The van der Waals surface area contributed by atoms with Crippen LogP contribution in [0.15, 0.2) is 47.3 Å². The minimum atomic E-state index is -0.473. The molecule has 0 aliphatic heterocycles.